The van der Waals surface area contributed by atoms with Gasteiger partial charge >= 0.3 is 0 Å². The Bertz CT molecular complexity index is 546. The van der Waals surface area contributed by atoms with E-state index in [4.69, 9.17) is 5.73 Å². The van der Waals surface area contributed by atoms with E-state index in [0.29, 0.717) is 13.0 Å². The highest BCUT2D eigenvalue weighted by molar-refractivity contribution is 7.11. The molecule has 1 amide bonds. The molecule has 3 N–H and O–H groups in total. The van der Waals surface area contributed by atoms with Crippen LogP contribution in [0.2, 0.25) is 0 Å². The summed E-state index contributed by atoms with van der Waals surface area (Å²) in [5.41, 5.74) is 7.51. The van der Waals surface area contributed by atoms with Crippen molar-refractivity contribution in [1.29, 1.82) is 0 Å². The number of anilines is 1. The number of rotatable bonds is 5. The molecule has 3 nitrogen and oxygen atoms in total. The molecule has 0 aliphatic carbocycles. The standard InChI is InChI=1S/C15H18N2OS/c1-11-2-8-14(19-11)10-17-15(18)9-5-12-3-6-13(16)7-4-12/h2-4,6-8H,5,9-10,16H2,1H3,(H,17,18). The molecule has 0 saturated carbocycles. The van der Waals surface area contributed by atoms with Gasteiger partial charge in [-0.1, -0.05) is 12.1 Å². The Morgan fingerprint density at radius 1 is 1.21 bits per heavy atom. The Kier molecular flexibility index (Phi) is 4.58. The number of carbonyl (C=O) groups excluding carboxylic acids is 1. The molecule has 0 aliphatic heterocycles. The lowest BCUT2D eigenvalue weighted by atomic mass is 10.1. The van der Waals surface area contributed by atoms with Crippen molar-refractivity contribution in [2.24, 2.45) is 0 Å². The summed E-state index contributed by atoms with van der Waals surface area (Å²) >= 11 is 1.72. The van der Waals surface area contributed by atoms with Crippen LogP contribution >= 0.6 is 11.3 Å². The highest BCUT2D eigenvalue weighted by Gasteiger charge is 2.03. The lowest BCUT2D eigenvalue weighted by molar-refractivity contribution is -0.121. The fraction of sp³-hybridized carbons (Fsp3) is 0.267. The number of nitrogens with two attached hydrogens (primary N) is 1. The Labute approximate surface area is 117 Å². The van der Waals surface area contributed by atoms with Gasteiger partial charge in [-0.3, -0.25) is 4.79 Å². The summed E-state index contributed by atoms with van der Waals surface area (Å²) in [5.74, 6) is 0.0860. The van der Waals surface area contributed by atoms with Gasteiger partial charge < -0.3 is 11.1 Å². The molecule has 19 heavy (non-hydrogen) atoms. The van der Waals surface area contributed by atoms with Crippen molar-refractivity contribution in [3.8, 4) is 0 Å². The monoisotopic (exact) mass is 274 g/mol. The molecule has 4 heteroatoms. The van der Waals surface area contributed by atoms with Crippen molar-refractivity contribution in [3.05, 3.63) is 51.7 Å². The SMILES string of the molecule is Cc1ccc(CNC(=O)CCc2ccc(N)cc2)s1. The minimum atomic E-state index is 0.0860. The number of thiophene rings is 1. The molecule has 0 radical (unpaired) electrons. The highest BCUT2D eigenvalue weighted by atomic mass is 32.1. The van der Waals surface area contributed by atoms with E-state index in [0.717, 1.165) is 17.7 Å². The first kappa shape index (κ1) is 13.6. The second-order valence-corrected chi connectivity index (χ2v) is 5.90. The van der Waals surface area contributed by atoms with Crippen LogP contribution in [0.25, 0.3) is 0 Å². The average molecular weight is 274 g/mol. The third-order valence-electron chi connectivity index (χ3n) is 2.88. The summed E-state index contributed by atoms with van der Waals surface area (Å²) in [7, 11) is 0. The van der Waals surface area contributed by atoms with Crippen molar-refractivity contribution in [1.82, 2.24) is 5.32 Å². The smallest absolute Gasteiger partial charge is 0.220 e. The van der Waals surface area contributed by atoms with Gasteiger partial charge in [0.05, 0.1) is 6.54 Å². The first-order valence-electron chi connectivity index (χ1n) is 6.30. The van der Waals surface area contributed by atoms with E-state index in [1.807, 2.05) is 24.3 Å². The number of hydrogen-bond donors (Lipinski definition) is 2. The summed E-state index contributed by atoms with van der Waals surface area (Å²) in [4.78, 5) is 14.2. The van der Waals surface area contributed by atoms with Gasteiger partial charge in [-0.05, 0) is 43.2 Å². The first-order chi connectivity index (χ1) is 9.13. The summed E-state index contributed by atoms with van der Waals surface area (Å²) in [6.45, 7) is 2.69. The zero-order chi connectivity index (χ0) is 13.7. The molecule has 2 rings (SSSR count). The van der Waals surface area contributed by atoms with Crippen LogP contribution in [0.15, 0.2) is 36.4 Å². The molecular formula is C15H18N2OS. The highest BCUT2D eigenvalue weighted by Crippen LogP contribution is 2.14. The van der Waals surface area contributed by atoms with Crippen molar-refractivity contribution in [2.45, 2.75) is 26.3 Å². The molecule has 0 aliphatic rings. The van der Waals surface area contributed by atoms with Crippen LogP contribution in [0.4, 0.5) is 5.69 Å². The van der Waals surface area contributed by atoms with Crippen LogP contribution in [-0.2, 0) is 17.8 Å². The Balaban J connectivity index is 1.74. The molecule has 0 atom stereocenters. The number of benzene rings is 1. The largest absolute Gasteiger partial charge is 0.399 e. The number of hydrogen-bond acceptors (Lipinski definition) is 3. The van der Waals surface area contributed by atoms with Gasteiger partial charge in [0.2, 0.25) is 5.91 Å². The lowest BCUT2D eigenvalue weighted by Crippen LogP contribution is -2.22. The van der Waals surface area contributed by atoms with Crippen LogP contribution in [0.5, 0.6) is 0 Å². The van der Waals surface area contributed by atoms with E-state index in [1.54, 1.807) is 11.3 Å². The zero-order valence-corrected chi connectivity index (χ0v) is 11.8. The van der Waals surface area contributed by atoms with E-state index in [2.05, 4.69) is 24.4 Å². The molecule has 0 bridgehead atoms. The number of amides is 1. The third kappa shape index (κ3) is 4.41. The average Bonchev–Trinajstić information content (AvgIpc) is 2.81. The summed E-state index contributed by atoms with van der Waals surface area (Å²) in [6, 6.07) is 11.8. The van der Waals surface area contributed by atoms with E-state index in [-0.39, 0.29) is 5.91 Å². The Hall–Kier alpha value is -1.81. The van der Waals surface area contributed by atoms with E-state index in [1.165, 1.54) is 9.75 Å². The number of nitrogen functional groups attached to an aromatic ring is 1. The predicted molar refractivity (Wildman–Crippen MR) is 80.1 cm³/mol. The summed E-state index contributed by atoms with van der Waals surface area (Å²) < 4.78 is 0. The van der Waals surface area contributed by atoms with E-state index in [9.17, 15) is 4.79 Å². The summed E-state index contributed by atoms with van der Waals surface area (Å²) in [6.07, 6.45) is 1.25. The molecule has 1 aromatic carbocycles. The van der Waals surface area contributed by atoms with Crippen LogP contribution < -0.4 is 11.1 Å². The Morgan fingerprint density at radius 2 is 1.95 bits per heavy atom. The number of aryl methyl sites for hydroxylation is 2. The van der Waals surface area contributed by atoms with Gasteiger partial charge in [0, 0.05) is 21.9 Å². The first-order valence-corrected chi connectivity index (χ1v) is 7.11. The van der Waals surface area contributed by atoms with Crippen molar-refractivity contribution >= 4 is 22.9 Å². The van der Waals surface area contributed by atoms with Crippen LogP contribution in [-0.4, -0.2) is 5.91 Å². The second kappa shape index (κ2) is 6.38. The van der Waals surface area contributed by atoms with Crippen LogP contribution in [0.3, 0.4) is 0 Å². The van der Waals surface area contributed by atoms with Crippen LogP contribution in [0, 0.1) is 6.92 Å². The third-order valence-corrected chi connectivity index (χ3v) is 3.88. The fourth-order valence-electron chi connectivity index (χ4n) is 1.80. The van der Waals surface area contributed by atoms with Gasteiger partial charge in [-0.25, -0.2) is 0 Å². The molecule has 2 aromatic rings. The van der Waals surface area contributed by atoms with E-state index >= 15 is 0 Å². The molecule has 100 valence electrons. The normalized spacial score (nSPS) is 10.4. The fourth-order valence-corrected chi connectivity index (χ4v) is 2.63. The topological polar surface area (TPSA) is 55.1 Å². The lowest BCUT2D eigenvalue weighted by Gasteiger charge is -2.04. The minimum absolute atomic E-state index is 0.0860. The van der Waals surface area contributed by atoms with Crippen molar-refractivity contribution in [2.75, 3.05) is 5.73 Å². The Morgan fingerprint density at radius 3 is 2.58 bits per heavy atom. The molecule has 0 spiro atoms. The maximum absolute atomic E-state index is 11.7. The van der Waals surface area contributed by atoms with Gasteiger partial charge in [0.15, 0.2) is 0 Å². The zero-order valence-electron chi connectivity index (χ0n) is 11.0. The molecule has 1 aromatic heterocycles. The van der Waals surface area contributed by atoms with Crippen LogP contribution in [0.1, 0.15) is 21.7 Å². The number of carbonyl (C=O) groups is 1. The molecule has 0 fully saturated rings. The van der Waals surface area contributed by atoms with Gasteiger partial charge in [-0.2, -0.15) is 0 Å². The van der Waals surface area contributed by atoms with Gasteiger partial charge in [0.1, 0.15) is 0 Å². The summed E-state index contributed by atoms with van der Waals surface area (Å²) in [5, 5.41) is 2.94. The van der Waals surface area contributed by atoms with Gasteiger partial charge in [0.25, 0.3) is 0 Å². The van der Waals surface area contributed by atoms with E-state index < -0.39 is 0 Å². The second-order valence-electron chi connectivity index (χ2n) is 4.53. The maximum Gasteiger partial charge on any atom is 0.220 e. The van der Waals surface area contributed by atoms with Crippen molar-refractivity contribution in [3.63, 3.8) is 0 Å². The number of nitrogens with one attached hydrogen (secondary N) is 1. The molecule has 1 heterocycles. The molecule has 0 saturated heterocycles. The predicted octanol–water partition coefficient (Wildman–Crippen LogP) is 2.89. The minimum Gasteiger partial charge on any atom is -0.399 e. The quantitative estimate of drug-likeness (QED) is 0.824. The molecular weight excluding hydrogens is 256 g/mol. The van der Waals surface area contributed by atoms with Crippen molar-refractivity contribution < 1.29 is 4.79 Å². The maximum atomic E-state index is 11.7. The molecule has 0 unspecified atom stereocenters. The van der Waals surface area contributed by atoms with Gasteiger partial charge in [-0.15, -0.1) is 11.3 Å².